The molecule has 16 nitrogen and oxygen atoms in total. The largest absolute Gasteiger partial charge is 0.374 e. The van der Waals surface area contributed by atoms with E-state index < -0.39 is 47.7 Å². The molecule has 0 radical (unpaired) electrons. The molecule has 4 aromatic rings. The first-order valence-corrected chi connectivity index (χ1v) is 23.0. The van der Waals surface area contributed by atoms with Gasteiger partial charge in [-0.3, -0.25) is 38.9 Å². The molecule has 2 bridgehead atoms. The summed E-state index contributed by atoms with van der Waals surface area (Å²) in [5.41, 5.74) is 2.04. The van der Waals surface area contributed by atoms with E-state index in [9.17, 15) is 32.8 Å². The number of aromatic nitrogens is 5. The Morgan fingerprint density at radius 3 is 2.52 bits per heavy atom. The molecule has 3 atom stereocenters. The van der Waals surface area contributed by atoms with Gasteiger partial charge in [0.05, 0.1) is 47.8 Å². The number of hydrogen-bond acceptors (Lipinski definition) is 11. The smallest absolute Gasteiger partial charge is 0.284 e. The summed E-state index contributed by atoms with van der Waals surface area (Å²) in [5.74, 6) is -0.672. The molecule has 11 rings (SSSR count). The van der Waals surface area contributed by atoms with Crippen molar-refractivity contribution in [1.82, 2.24) is 39.5 Å². The number of piperidine rings is 1. The molecule has 18 heteroatoms. The summed E-state index contributed by atoms with van der Waals surface area (Å²) in [6.45, 7) is 4.60. The predicted molar refractivity (Wildman–Crippen MR) is 227 cm³/mol. The first kappa shape index (κ1) is 41.1. The highest BCUT2D eigenvalue weighted by Gasteiger charge is 2.47. The normalized spacial score (nSPS) is 27.0. The molecule has 1 spiro atoms. The van der Waals surface area contributed by atoms with Crippen LogP contribution in [0.5, 0.6) is 0 Å². The van der Waals surface area contributed by atoms with Crippen molar-refractivity contribution in [3.8, 4) is 0 Å². The van der Waals surface area contributed by atoms with Crippen molar-refractivity contribution in [1.29, 1.82) is 0 Å². The lowest BCUT2D eigenvalue weighted by Gasteiger charge is -2.54. The van der Waals surface area contributed by atoms with Crippen LogP contribution in [0.1, 0.15) is 132 Å². The van der Waals surface area contributed by atoms with Crippen LogP contribution in [0.25, 0.3) is 5.65 Å². The maximum Gasteiger partial charge on any atom is 0.284 e. The van der Waals surface area contributed by atoms with Crippen LogP contribution in [0.2, 0.25) is 0 Å². The molecule has 2 saturated carbocycles. The van der Waals surface area contributed by atoms with Crippen molar-refractivity contribution < 1.29 is 37.5 Å². The van der Waals surface area contributed by atoms with Gasteiger partial charge in [-0.1, -0.05) is 12.1 Å². The number of fused-ring (bicyclic) bond motifs is 4. The lowest BCUT2D eigenvalue weighted by Crippen LogP contribution is -2.58. The number of benzene rings is 1. The number of amides is 5. The maximum absolute atomic E-state index is 14.3. The van der Waals surface area contributed by atoms with Crippen molar-refractivity contribution in [2.45, 2.75) is 114 Å². The first-order valence-electron chi connectivity index (χ1n) is 23.0. The molecule has 8 heterocycles. The minimum absolute atomic E-state index is 0.000707. The molecular formula is C46H52F2N10O6. The van der Waals surface area contributed by atoms with E-state index in [1.165, 1.54) is 23.6 Å². The molecule has 5 aliphatic heterocycles. The zero-order valence-corrected chi connectivity index (χ0v) is 35.6. The summed E-state index contributed by atoms with van der Waals surface area (Å²) < 4.78 is 37.5. The number of carbonyl (C=O) groups is 5. The summed E-state index contributed by atoms with van der Waals surface area (Å²) in [5, 5.41) is 13.6. The van der Waals surface area contributed by atoms with Gasteiger partial charge in [0.25, 0.3) is 24.1 Å². The average molecular weight is 879 g/mol. The van der Waals surface area contributed by atoms with Crippen LogP contribution in [-0.4, -0.2) is 115 Å². The Hall–Kier alpha value is -5.62. The summed E-state index contributed by atoms with van der Waals surface area (Å²) in [7, 11) is 0. The molecule has 336 valence electrons. The van der Waals surface area contributed by atoms with E-state index in [0.29, 0.717) is 47.1 Å². The Labute approximate surface area is 368 Å². The van der Waals surface area contributed by atoms with Crippen LogP contribution in [0.15, 0.2) is 42.9 Å². The van der Waals surface area contributed by atoms with Crippen LogP contribution >= 0.6 is 0 Å². The van der Waals surface area contributed by atoms with Gasteiger partial charge in [0.1, 0.15) is 17.4 Å². The number of aryl methyl sites for hydroxylation is 1. The minimum atomic E-state index is -2.86. The van der Waals surface area contributed by atoms with Crippen LogP contribution in [0.4, 0.5) is 20.3 Å². The van der Waals surface area contributed by atoms with Crippen LogP contribution in [0, 0.1) is 17.3 Å². The Kier molecular flexibility index (Phi) is 10.4. The molecule has 4 saturated heterocycles. The van der Waals surface area contributed by atoms with Gasteiger partial charge in [0, 0.05) is 45.0 Å². The zero-order chi connectivity index (χ0) is 43.9. The van der Waals surface area contributed by atoms with Crippen molar-refractivity contribution in [3.63, 3.8) is 0 Å². The minimum Gasteiger partial charge on any atom is -0.374 e. The standard InChI is InChI=1S/C46H52F2N10O6/c47-40(48)39-34(50-42(60)33-19-49-56-17-14-36(51-41(33)56)55-21-31-18-30(55)23-64-31)22-57(53-39)29-8-5-27(6-9-29)20-54-24-46(25-54)15-12-26(13-16-46)4-7-28-2-1-3-32-38(28)45(63)58(44(32)62)35-10-11-37(59)52-43(35)61/h1-3,14,17,19,22,26-27,29-31,35,40H,4-13,15-16,18,20-21,23-25H2,(H,50,60)(H,52,59,61)/t27?,29?,30-,31-,35?/m1/s1. The first-order chi connectivity index (χ1) is 31.0. The summed E-state index contributed by atoms with van der Waals surface area (Å²) in [6.07, 6.45) is 13.0. The van der Waals surface area contributed by atoms with Gasteiger partial charge < -0.3 is 19.9 Å². The van der Waals surface area contributed by atoms with Crippen LogP contribution in [-0.2, 0) is 20.7 Å². The van der Waals surface area contributed by atoms with E-state index in [2.05, 4.69) is 30.6 Å². The van der Waals surface area contributed by atoms with E-state index in [-0.39, 0.29) is 42.3 Å². The van der Waals surface area contributed by atoms with E-state index in [4.69, 9.17) is 9.72 Å². The average Bonchev–Trinajstić information content (AvgIpc) is 4.13. The number of hydrogen-bond donors (Lipinski definition) is 2. The highest BCUT2D eigenvalue weighted by Crippen LogP contribution is 2.48. The molecule has 1 aromatic carbocycles. The molecule has 2 aliphatic carbocycles. The second kappa shape index (κ2) is 16.1. The molecule has 64 heavy (non-hydrogen) atoms. The van der Waals surface area contributed by atoms with E-state index >= 15 is 0 Å². The predicted octanol–water partition coefficient (Wildman–Crippen LogP) is 5.35. The van der Waals surface area contributed by atoms with Gasteiger partial charge >= 0.3 is 0 Å². The van der Waals surface area contributed by atoms with Crippen molar-refractivity contribution in [2.24, 2.45) is 17.3 Å². The van der Waals surface area contributed by atoms with Crippen LogP contribution in [0.3, 0.4) is 0 Å². The molecule has 3 aromatic heterocycles. The van der Waals surface area contributed by atoms with Gasteiger partial charge in [-0.15, -0.1) is 0 Å². The quantitative estimate of drug-likeness (QED) is 0.186. The zero-order valence-electron chi connectivity index (χ0n) is 35.6. The third-order valence-electron chi connectivity index (χ3n) is 15.4. The van der Waals surface area contributed by atoms with Gasteiger partial charge in [-0.05, 0) is 112 Å². The number of ether oxygens (including phenoxy) is 1. The molecule has 6 fully saturated rings. The Morgan fingerprint density at radius 1 is 0.969 bits per heavy atom. The van der Waals surface area contributed by atoms with Crippen molar-refractivity contribution in [3.05, 3.63) is 70.8 Å². The fourth-order valence-electron chi connectivity index (χ4n) is 11.9. The van der Waals surface area contributed by atoms with Gasteiger partial charge in [-0.2, -0.15) is 10.2 Å². The second-order valence-corrected chi connectivity index (χ2v) is 19.4. The summed E-state index contributed by atoms with van der Waals surface area (Å²) in [6, 6.07) is 6.49. The highest BCUT2D eigenvalue weighted by atomic mass is 19.3. The summed E-state index contributed by atoms with van der Waals surface area (Å²) in [4.78, 5) is 75.2. The second-order valence-electron chi connectivity index (χ2n) is 19.4. The topological polar surface area (TPSA) is 176 Å². The molecule has 1 unspecified atom stereocenters. The lowest BCUT2D eigenvalue weighted by molar-refractivity contribution is -0.136. The number of carbonyl (C=O) groups excluding carboxylic acids is 5. The maximum atomic E-state index is 14.3. The Morgan fingerprint density at radius 2 is 1.78 bits per heavy atom. The fraction of sp³-hybridized carbons (Fsp3) is 0.565. The van der Waals surface area contributed by atoms with Gasteiger partial charge in [0.15, 0.2) is 11.3 Å². The molecular weight excluding hydrogens is 827 g/mol. The van der Waals surface area contributed by atoms with Gasteiger partial charge in [-0.25, -0.2) is 18.3 Å². The number of anilines is 2. The lowest BCUT2D eigenvalue weighted by atomic mass is 9.65. The van der Waals surface area contributed by atoms with Crippen molar-refractivity contribution in [2.75, 3.05) is 43.0 Å². The molecule has 5 amide bonds. The number of nitrogens with one attached hydrogen (secondary N) is 2. The molecule has 2 N–H and O–H groups in total. The van der Waals surface area contributed by atoms with Crippen molar-refractivity contribution >= 4 is 46.7 Å². The summed E-state index contributed by atoms with van der Waals surface area (Å²) >= 11 is 0. The SMILES string of the molecule is O=C1CCC(N2C(=O)c3cccc(CCC4CCC5(CC4)CN(CC4CCC(n6cc(NC(=O)c7cnn8ccc(N9C[C@H]%10C[C@@H]9CO%10)nc78)c(C(F)F)n6)CC4)C5)c3C2=O)C(=O)N1. The monoisotopic (exact) mass is 878 g/mol. The molecule has 7 aliphatic rings. The number of likely N-dealkylation sites (tertiary alicyclic amines) is 1. The fourth-order valence-corrected chi connectivity index (χ4v) is 11.9. The van der Waals surface area contributed by atoms with E-state index in [1.54, 1.807) is 23.1 Å². The van der Waals surface area contributed by atoms with E-state index in [1.807, 2.05) is 18.2 Å². The number of halogens is 2. The highest BCUT2D eigenvalue weighted by molar-refractivity contribution is 6.24. The third kappa shape index (κ3) is 7.35. The Balaban J connectivity index is 0.645. The number of morpholine rings is 1. The van der Waals surface area contributed by atoms with Gasteiger partial charge in [0.2, 0.25) is 11.8 Å². The number of imide groups is 2. The number of alkyl halides is 2. The number of nitrogens with zero attached hydrogens (tertiary/aromatic N) is 8. The Bertz CT molecular complexity index is 2540. The van der Waals surface area contributed by atoms with E-state index in [0.717, 1.165) is 93.8 Å². The number of rotatable bonds is 11. The third-order valence-corrected chi connectivity index (χ3v) is 15.4. The van der Waals surface area contributed by atoms with Crippen LogP contribution < -0.4 is 15.5 Å².